The molecule has 0 fully saturated rings. The van der Waals surface area contributed by atoms with Crippen LogP contribution >= 0.6 is 23.2 Å². The maximum absolute atomic E-state index is 14.2. The average molecular weight is 530 g/mol. The Balaban J connectivity index is 1.81. The Bertz CT molecular complexity index is 1570. The van der Waals surface area contributed by atoms with E-state index in [1.54, 1.807) is 19.2 Å². The maximum Gasteiger partial charge on any atom is 0.261 e. The van der Waals surface area contributed by atoms with Gasteiger partial charge >= 0.3 is 0 Å². The van der Waals surface area contributed by atoms with Crippen LogP contribution in [0.4, 0.5) is 5.69 Å². The Kier molecular flexibility index (Phi) is 6.49. The van der Waals surface area contributed by atoms with Crippen LogP contribution in [0.15, 0.2) is 66.7 Å². The van der Waals surface area contributed by atoms with E-state index in [1.807, 2.05) is 66.4 Å². The largest absolute Gasteiger partial charge is 0.496 e. The first-order chi connectivity index (χ1) is 17.7. The molecule has 1 aromatic heterocycles. The molecule has 5 nitrogen and oxygen atoms in total. The molecular formula is C30H25Cl2N3O2. The number of amides is 1. The average Bonchev–Trinajstić information content (AvgIpc) is 3.41. The molecule has 1 aliphatic heterocycles. The highest BCUT2D eigenvalue weighted by molar-refractivity contribution is 6.31. The molecule has 0 bridgehead atoms. The van der Waals surface area contributed by atoms with E-state index < -0.39 is 6.04 Å². The van der Waals surface area contributed by atoms with Crippen LogP contribution in [-0.4, -0.2) is 17.6 Å². The molecule has 7 heteroatoms. The van der Waals surface area contributed by atoms with Gasteiger partial charge in [-0.3, -0.25) is 9.69 Å². The Morgan fingerprint density at radius 3 is 2.30 bits per heavy atom. The van der Waals surface area contributed by atoms with Gasteiger partial charge in [0.15, 0.2) is 0 Å². The highest BCUT2D eigenvalue weighted by atomic mass is 35.5. The third-order valence-electron chi connectivity index (χ3n) is 6.78. The topological polar surface area (TPSA) is 58.3 Å². The molecule has 0 N–H and O–H groups in total. The van der Waals surface area contributed by atoms with Crippen molar-refractivity contribution in [3.05, 3.63) is 105 Å². The molecule has 1 atom stereocenters. The minimum absolute atomic E-state index is 0.0113. The number of hydrogen-bond acceptors (Lipinski definition) is 3. The molecule has 1 aliphatic rings. The number of carbonyl (C=O) groups excluding carboxylic acids is 1. The van der Waals surface area contributed by atoms with Gasteiger partial charge in [-0.15, -0.1) is 0 Å². The van der Waals surface area contributed by atoms with Crippen LogP contribution < -0.4 is 9.64 Å². The number of nitriles is 1. The second-order valence-electron chi connectivity index (χ2n) is 9.38. The second kappa shape index (κ2) is 9.63. The van der Waals surface area contributed by atoms with Crippen LogP contribution in [0.3, 0.4) is 0 Å². The number of methoxy groups -OCH3 is 1. The van der Waals surface area contributed by atoms with Crippen molar-refractivity contribution in [3.63, 3.8) is 0 Å². The summed E-state index contributed by atoms with van der Waals surface area (Å²) in [6, 6.07) is 22.2. The number of anilines is 1. The van der Waals surface area contributed by atoms with E-state index in [2.05, 4.69) is 24.5 Å². The summed E-state index contributed by atoms with van der Waals surface area (Å²) in [5.41, 5.74) is 6.22. The third-order valence-corrected chi connectivity index (χ3v) is 7.27. The molecule has 1 unspecified atom stereocenters. The van der Waals surface area contributed by atoms with Gasteiger partial charge in [-0.1, -0.05) is 41.4 Å². The number of halogens is 2. The van der Waals surface area contributed by atoms with Gasteiger partial charge in [0, 0.05) is 27.3 Å². The summed E-state index contributed by atoms with van der Waals surface area (Å²) < 4.78 is 7.83. The minimum atomic E-state index is -0.404. The van der Waals surface area contributed by atoms with Crippen LogP contribution in [0.25, 0.3) is 11.3 Å². The summed E-state index contributed by atoms with van der Waals surface area (Å²) in [5.74, 6) is 0.520. The van der Waals surface area contributed by atoms with Crippen molar-refractivity contribution >= 4 is 34.8 Å². The van der Waals surface area contributed by atoms with Crippen molar-refractivity contribution in [1.82, 2.24) is 4.57 Å². The van der Waals surface area contributed by atoms with Crippen LogP contribution in [-0.2, 0) is 0 Å². The third kappa shape index (κ3) is 4.17. The number of fused-ring (bicyclic) bond motifs is 1. The molecule has 5 rings (SSSR count). The van der Waals surface area contributed by atoms with Gasteiger partial charge < -0.3 is 9.30 Å². The van der Waals surface area contributed by atoms with Crippen LogP contribution in [0.1, 0.15) is 58.7 Å². The molecule has 37 heavy (non-hydrogen) atoms. The van der Waals surface area contributed by atoms with Crippen LogP contribution in [0.2, 0.25) is 10.0 Å². The fourth-order valence-corrected chi connectivity index (χ4v) is 5.44. The molecule has 4 aromatic rings. The Labute approximate surface area is 226 Å². The number of nitrogens with zero attached hydrogens (tertiary/aromatic N) is 3. The van der Waals surface area contributed by atoms with Crippen molar-refractivity contribution in [1.29, 1.82) is 5.26 Å². The van der Waals surface area contributed by atoms with E-state index in [1.165, 1.54) is 0 Å². The number of rotatable bonds is 5. The van der Waals surface area contributed by atoms with E-state index >= 15 is 0 Å². The van der Waals surface area contributed by atoms with Crippen molar-refractivity contribution in [2.45, 2.75) is 32.9 Å². The molecule has 0 spiro atoms. The van der Waals surface area contributed by atoms with Crippen LogP contribution in [0.5, 0.6) is 5.75 Å². The molecule has 186 valence electrons. The normalized spacial score (nSPS) is 14.7. The van der Waals surface area contributed by atoms with E-state index in [0.29, 0.717) is 26.9 Å². The number of carbonyl (C=O) groups is 1. The molecule has 1 amide bonds. The Morgan fingerprint density at radius 2 is 1.65 bits per heavy atom. The summed E-state index contributed by atoms with van der Waals surface area (Å²) in [7, 11) is 1.60. The molecule has 3 aromatic carbocycles. The highest BCUT2D eigenvalue weighted by Crippen LogP contribution is 2.48. The fourth-order valence-electron chi connectivity index (χ4n) is 5.14. The number of ether oxygens (including phenoxy) is 1. The standard InChI is InChI=1S/C30H25Cl2N3O2/c1-17(2)34-26(23-13-19(16-33)6-12-27(23)37-4)15-24-29(34)28(20-7-10-21(31)11-8-20)35(30(24)36)25-14-22(32)9-5-18(25)3/h5-15,17,28H,1-4H3. The summed E-state index contributed by atoms with van der Waals surface area (Å²) >= 11 is 12.6. The van der Waals surface area contributed by atoms with Crippen molar-refractivity contribution < 1.29 is 9.53 Å². The Morgan fingerprint density at radius 1 is 0.946 bits per heavy atom. The second-order valence-corrected chi connectivity index (χ2v) is 10.3. The fraction of sp³-hybridized carbons (Fsp3) is 0.200. The molecular weight excluding hydrogens is 505 g/mol. The number of aromatic nitrogens is 1. The zero-order valence-electron chi connectivity index (χ0n) is 20.9. The summed E-state index contributed by atoms with van der Waals surface area (Å²) in [4.78, 5) is 16.0. The minimum Gasteiger partial charge on any atom is -0.496 e. The van der Waals surface area contributed by atoms with Gasteiger partial charge in [-0.25, -0.2) is 0 Å². The Hall–Kier alpha value is -3.72. The first-order valence-electron chi connectivity index (χ1n) is 11.9. The van der Waals surface area contributed by atoms with Crippen molar-refractivity contribution in [2.75, 3.05) is 12.0 Å². The zero-order chi connectivity index (χ0) is 26.4. The van der Waals surface area contributed by atoms with Gasteiger partial charge in [-0.05, 0) is 80.4 Å². The molecule has 0 saturated heterocycles. The lowest BCUT2D eigenvalue weighted by atomic mass is 10.0. The maximum atomic E-state index is 14.2. The van der Waals surface area contributed by atoms with E-state index in [0.717, 1.165) is 33.8 Å². The quantitative estimate of drug-likeness (QED) is 0.263. The molecule has 0 aliphatic carbocycles. The number of aryl methyl sites for hydroxylation is 1. The lowest BCUT2D eigenvalue weighted by Crippen LogP contribution is -2.30. The summed E-state index contributed by atoms with van der Waals surface area (Å²) in [5, 5.41) is 10.7. The lowest BCUT2D eigenvalue weighted by Gasteiger charge is -2.30. The number of benzene rings is 3. The first-order valence-corrected chi connectivity index (χ1v) is 12.7. The summed E-state index contributed by atoms with van der Waals surface area (Å²) in [6.45, 7) is 6.14. The predicted octanol–water partition coefficient (Wildman–Crippen LogP) is 7.98. The van der Waals surface area contributed by atoms with E-state index in [4.69, 9.17) is 27.9 Å². The predicted molar refractivity (Wildman–Crippen MR) is 148 cm³/mol. The van der Waals surface area contributed by atoms with Crippen LogP contribution in [0, 0.1) is 18.3 Å². The SMILES string of the molecule is COc1ccc(C#N)cc1-c1cc2c(n1C(C)C)C(c1ccc(Cl)cc1)N(c1cc(Cl)ccc1C)C2=O. The van der Waals surface area contributed by atoms with E-state index in [9.17, 15) is 10.1 Å². The van der Waals surface area contributed by atoms with Crippen molar-refractivity contribution in [3.8, 4) is 23.1 Å². The van der Waals surface area contributed by atoms with Gasteiger partial charge in [-0.2, -0.15) is 5.26 Å². The monoisotopic (exact) mass is 529 g/mol. The first kappa shape index (κ1) is 25.0. The lowest BCUT2D eigenvalue weighted by molar-refractivity contribution is 0.0993. The summed E-state index contributed by atoms with van der Waals surface area (Å²) in [6.07, 6.45) is 0. The van der Waals surface area contributed by atoms with Gasteiger partial charge in [0.05, 0.1) is 35.7 Å². The number of hydrogen-bond donors (Lipinski definition) is 0. The van der Waals surface area contributed by atoms with E-state index in [-0.39, 0.29) is 11.9 Å². The molecule has 0 saturated carbocycles. The molecule has 0 radical (unpaired) electrons. The van der Waals surface area contributed by atoms with Gasteiger partial charge in [0.25, 0.3) is 5.91 Å². The van der Waals surface area contributed by atoms with Gasteiger partial charge in [0.1, 0.15) is 11.8 Å². The molecule has 2 heterocycles. The zero-order valence-corrected chi connectivity index (χ0v) is 22.4. The van der Waals surface area contributed by atoms with Gasteiger partial charge in [0.2, 0.25) is 0 Å². The smallest absolute Gasteiger partial charge is 0.261 e. The van der Waals surface area contributed by atoms with Crippen molar-refractivity contribution in [2.24, 2.45) is 0 Å². The highest BCUT2D eigenvalue weighted by Gasteiger charge is 2.43.